The van der Waals surface area contributed by atoms with Crippen LogP contribution in [0.1, 0.15) is 50.7 Å². The molecule has 0 radical (unpaired) electrons. The van der Waals surface area contributed by atoms with E-state index in [-0.39, 0.29) is 7.92 Å². The number of hydrogen-bond donors (Lipinski definition) is 0. The number of benzene rings is 3. The Morgan fingerprint density at radius 2 is 1.28 bits per heavy atom. The van der Waals surface area contributed by atoms with E-state index in [1.807, 2.05) is 0 Å². The van der Waals surface area contributed by atoms with Crippen molar-refractivity contribution in [3.05, 3.63) is 109 Å². The summed E-state index contributed by atoms with van der Waals surface area (Å²) in [6, 6.07) is 29.0. The maximum absolute atomic E-state index is 2.36. The van der Waals surface area contributed by atoms with Gasteiger partial charge in [0.1, 0.15) is 18.1 Å². The van der Waals surface area contributed by atoms with Gasteiger partial charge < -0.3 is 0 Å². The molecule has 0 bridgehead atoms. The first-order chi connectivity index (χ1) is 15.5. The van der Waals surface area contributed by atoms with Crippen molar-refractivity contribution in [2.45, 2.75) is 46.1 Å². The fourth-order valence-electron chi connectivity index (χ4n) is 3.99. The third kappa shape index (κ3) is 5.37. The zero-order valence-electron chi connectivity index (χ0n) is 19.6. The average Bonchev–Trinajstić information content (AvgIpc) is 3.29. The molecule has 0 fully saturated rings. The first-order valence-corrected chi connectivity index (χ1v) is 13.1. The molecule has 1 aromatic heterocycles. The van der Waals surface area contributed by atoms with E-state index in [2.05, 4.69) is 134 Å². The van der Waals surface area contributed by atoms with Gasteiger partial charge in [0.2, 0.25) is 6.33 Å². The van der Waals surface area contributed by atoms with Gasteiger partial charge in [-0.15, -0.1) is 0 Å². The molecule has 0 aliphatic rings. The molecule has 0 saturated heterocycles. The smallest absolute Gasteiger partial charge is 0.236 e. The monoisotopic (exact) mass is 441 g/mol. The highest BCUT2D eigenvalue weighted by Gasteiger charge is 2.16. The molecule has 4 rings (SSSR count). The molecule has 0 spiro atoms. The summed E-state index contributed by atoms with van der Waals surface area (Å²) in [5.74, 6) is 1.05. The number of aromatic nitrogens is 2. The Labute approximate surface area is 194 Å². The van der Waals surface area contributed by atoms with Crippen molar-refractivity contribution in [1.29, 1.82) is 0 Å². The van der Waals surface area contributed by atoms with Gasteiger partial charge in [-0.25, -0.2) is 9.13 Å². The van der Waals surface area contributed by atoms with Crippen molar-refractivity contribution in [3.63, 3.8) is 0 Å². The second-order valence-corrected chi connectivity index (χ2v) is 11.4. The van der Waals surface area contributed by atoms with Crippen LogP contribution in [0.3, 0.4) is 0 Å². The normalized spacial score (nSPS) is 11.6. The Kier molecular flexibility index (Phi) is 7.22. The lowest BCUT2D eigenvalue weighted by Gasteiger charge is -2.17. The van der Waals surface area contributed by atoms with Crippen LogP contribution in [0.2, 0.25) is 0 Å². The summed E-state index contributed by atoms with van der Waals surface area (Å²) in [6.45, 7) is 10.1. The molecule has 0 saturated carbocycles. The van der Waals surface area contributed by atoms with Crippen molar-refractivity contribution in [3.8, 4) is 5.69 Å². The van der Waals surface area contributed by atoms with E-state index in [0.29, 0.717) is 11.8 Å². The van der Waals surface area contributed by atoms with E-state index in [9.17, 15) is 0 Å². The maximum Gasteiger partial charge on any atom is 0.248 e. The maximum atomic E-state index is 2.36. The Bertz CT molecular complexity index is 1060. The van der Waals surface area contributed by atoms with Gasteiger partial charge in [-0.2, -0.15) is 0 Å². The van der Waals surface area contributed by atoms with Crippen LogP contribution in [-0.4, -0.2) is 10.7 Å². The highest BCUT2D eigenvalue weighted by molar-refractivity contribution is 7.72. The minimum absolute atomic E-state index is 0.377. The van der Waals surface area contributed by atoms with Crippen LogP contribution in [0.15, 0.2) is 97.6 Å². The van der Waals surface area contributed by atoms with E-state index in [4.69, 9.17) is 0 Å². The summed E-state index contributed by atoms with van der Waals surface area (Å²) in [5.41, 5.74) is 4.07. The van der Waals surface area contributed by atoms with E-state index >= 15 is 0 Å². The molecular weight excluding hydrogens is 407 g/mol. The van der Waals surface area contributed by atoms with Gasteiger partial charge in [0.15, 0.2) is 0 Å². The van der Waals surface area contributed by atoms with E-state index in [1.165, 1.54) is 27.4 Å². The summed E-state index contributed by atoms with van der Waals surface area (Å²) in [5, 5.41) is 2.89. The molecule has 3 aromatic carbocycles. The Hall–Kier alpha value is -2.70. The molecule has 164 valence electrons. The molecule has 0 unspecified atom stereocenters. The number of imidazole rings is 1. The highest BCUT2D eigenvalue weighted by Crippen LogP contribution is 2.33. The molecule has 0 N–H and O–H groups in total. The predicted molar refractivity (Wildman–Crippen MR) is 138 cm³/mol. The number of nitrogens with zero attached hydrogens (tertiary/aromatic N) is 2. The van der Waals surface area contributed by atoms with Crippen LogP contribution in [0.4, 0.5) is 0 Å². The van der Waals surface area contributed by atoms with Gasteiger partial charge in [-0.3, -0.25) is 0 Å². The van der Waals surface area contributed by atoms with Crippen LogP contribution in [0.5, 0.6) is 0 Å². The minimum atomic E-state index is -0.377. The molecule has 0 amide bonds. The molecule has 4 aromatic rings. The summed E-state index contributed by atoms with van der Waals surface area (Å²) in [6.07, 6.45) is 7.77. The van der Waals surface area contributed by atoms with Crippen molar-refractivity contribution in [1.82, 2.24) is 4.57 Å². The van der Waals surface area contributed by atoms with Crippen molar-refractivity contribution in [2.75, 3.05) is 6.16 Å². The zero-order chi connectivity index (χ0) is 22.5. The molecular formula is C29H34N2P+. The van der Waals surface area contributed by atoms with Gasteiger partial charge >= 0.3 is 0 Å². The number of aryl methyl sites for hydroxylation is 1. The van der Waals surface area contributed by atoms with Crippen molar-refractivity contribution < 1.29 is 4.57 Å². The fraction of sp³-hybridized carbons (Fsp3) is 0.276. The first kappa shape index (κ1) is 22.5. The average molecular weight is 442 g/mol. The van der Waals surface area contributed by atoms with E-state index in [0.717, 1.165) is 12.7 Å². The van der Waals surface area contributed by atoms with Crippen molar-refractivity contribution in [2.24, 2.45) is 0 Å². The molecule has 3 heteroatoms. The standard InChI is InChI=1S/C29H34N2P/c1-23(2)25-19-26(24(3)4)21-27(20-25)31-16-15-30(22-31)17-18-32(28-11-7-5-8-12-28)29-13-9-6-10-14-29/h5-16,19-24H,17-18H2,1-4H3/q+1. The SMILES string of the molecule is CC(C)c1cc(C(C)C)cc(-n2cc[n+](CCP(c3ccccc3)c3ccccc3)c2)c1. The summed E-state index contributed by atoms with van der Waals surface area (Å²) in [4.78, 5) is 0. The summed E-state index contributed by atoms with van der Waals surface area (Å²) >= 11 is 0. The molecule has 1 heterocycles. The zero-order valence-corrected chi connectivity index (χ0v) is 20.5. The second-order valence-electron chi connectivity index (χ2n) is 9.05. The molecule has 2 nitrogen and oxygen atoms in total. The highest BCUT2D eigenvalue weighted by atomic mass is 31.1. The van der Waals surface area contributed by atoms with Gasteiger partial charge in [0.05, 0.1) is 6.54 Å². The topological polar surface area (TPSA) is 8.81 Å². The van der Waals surface area contributed by atoms with Gasteiger partial charge in [-0.1, -0.05) is 94.4 Å². The van der Waals surface area contributed by atoms with Crippen LogP contribution in [-0.2, 0) is 6.54 Å². The van der Waals surface area contributed by atoms with E-state index < -0.39 is 0 Å². The van der Waals surface area contributed by atoms with Crippen LogP contribution in [0.25, 0.3) is 5.69 Å². The first-order valence-electron chi connectivity index (χ1n) is 11.6. The number of hydrogen-bond acceptors (Lipinski definition) is 0. The largest absolute Gasteiger partial charge is 0.248 e. The minimum Gasteiger partial charge on any atom is -0.236 e. The van der Waals surface area contributed by atoms with Crippen LogP contribution in [0, 0.1) is 0 Å². The summed E-state index contributed by atoms with van der Waals surface area (Å²) in [7, 11) is -0.377. The number of rotatable bonds is 8. The molecule has 0 atom stereocenters. The van der Waals surface area contributed by atoms with Crippen LogP contribution < -0.4 is 15.2 Å². The Morgan fingerprint density at radius 1 is 0.750 bits per heavy atom. The third-order valence-corrected chi connectivity index (χ3v) is 8.49. The Morgan fingerprint density at radius 3 is 1.78 bits per heavy atom. The fourth-order valence-corrected chi connectivity index (χ4v) is 6.30. The van der Waals surface area contributed by atoms with Crippen molar-refractivity contribution >= 4 is 18.5 Å². The molecule has 0 aliphatic heterocycles. The third-order valence-electron chi connectivity index (χ3n) is 6.00. The predicted octanol–water partition coefficient (Wildman–Crippen LogP) is 6.14. The quantitative estimate of drug-likeness (QED) is 0.229. The summed E-state index contributed by atoms with van der Waals surface area (Å²) < 4.78 is 4.60. The van der Waals surface area contributed by atoms with E-state index in [1.54, 1.807) is 0 Å². The molecule has 32 heavy (non-hydrogen) atoms. The van der Waals surface area contributed by atoms with Gasteiger partial charge in [0.25, 0.3) is 0 Å². The van der Waals surface area contributed by atoms with Gasteiger partial charge in [0, 0.05) is 6.16 Å². The lowest BCUT2D eigenvalue weighted by Crippen LogP contribution is -2.34. The van der Waals surface area contributed by atoms with Crippen LogP contribution >= 0.6 is 7.92 Å². The molecule has 0 aliphatic carbocycles. The lowest BCUT2D eigenvalue weighted by atomic mass is 9.95. The second kappa shape index (κ2) is 10.3. The lowest BCUT2D eigenvalue weighted by molar-refractivity contribution is -0.691. The Balaban J connectivity index is 1.56. The van der Waals surface area contributed by atoms with Gasteiger partial charge in [-0.05, 0) is 53.6 Å².